The molecular weight excluding hydrogens is 375 g/mol. The standard InChI is InChI=1S/C16H25BN2O6.C4H10/c1-16(2,3)25-15(21)19-13(9-14(20)18-10-17(22)23)11-6-5-7-12(8-11)24-4;1-4(2)3/h5-8,13,22-23H,9-10H2,1-4H3,(H,18,20)(H,19,21);4H,1-3H3. The molecule has 4 N–H and O–H groups in total. The lowest BCUT2D eigenvalue weighted by atomic mass is 9.92. The molecule has 164 valence electrons. The number of nitrogens with one attached hydrogen (secondary N) is 2. The molecule has 1 atom stereocenters. The van der Waals surface area contributed by atoms with Crippen molar-refractivity contribution in [2.24, 2.45) is 5.92 Å². The van der Waals surface area contributed by atoms with Crippen LogP contribution in [0.5, 0.6) is 5.75 Å². The molecule has 1 rings (SSSR count). The highest BCUT2D eigenvalue weighted by Crippen LogP contribution is 2.22. The molecule has 0 aromatic heterocycles. The molecule has 0 saturated heterocycles. The van der Waals surface area contributed by atoms with Crippen molar-refractivity contribution in [2.75, 3.05) is 13.6 Å². The van der Waals surface area contributed by atoms with Crippen LogP contribution < -0.4 is 15.4 Å². The van der Waals surface area contributed by atoms with Crippen LogP contribution in [0, 0.1) is 5.92 Å². The summed E-state index contributed by atoms with van der Waals surface area (Å²) in [6, 6.07) is 6.28. The number of hydrogen-bond acceptors (Lipinski definition) is 6. The molecule has 0 bridgehead atoms. The maximum Gasteiger partial charge on any atom is 0.472 e. The number of ether oxygens (including phenoxy) is 2. The Hall–Kier alpha value is -2.26. The monoisotopic (exact) mass is 410 g/mol. The molecule has 0 fully saturated rings. The first-order valence-electron chi connectivity index (χ1n) is 9.60. The average molecular weight is 410 g/mol. The first kappa shape index (κ1) is 26.7. The number of benzene rings is 1. The van der Waals surface area contributed by atoms with E-state index < -0.39 is 30.8 Å². The van der Waals surface area contributed by atoms with Crippen molar-refractivity contribution in [3.05, 3.63) is 29.8 Å². The fraction of sp³-hybridized carbons (Fsp3) is 0.600. The highest BCUT2D eigenvalue weighted by molar-refractivity contribution is 6.41. The number of methoxy groups -OCH3 is 1. The van der Waals surface area contributed by atoms with E-state index in [0.717, 1.165) is 5.92 Å². The first-order valence-corrected chi connectivity index (χ1v) is 9.60. The Kier molecular flexibility index (Phi) is 12.0. The molecule has 9 heteroatoms. The van der Waals surface area contributed by atoms with Crippen LogP contribution in [0.4, 0.5) is 4.79 Å². The van der Waals surface area contributed by atoms with Crippen molar-refractivity contribution in [2.45, 2.75) is 59.6 Å². The van der Waals surface area contributed by atoms with Gasteiger partial charge < -0.3 is 30.2 Å². The van der Waals surface area contributed by atoms with Crippen molar-refractivity contribution in [3.8, 4) is 5.75 Å². The van der Waals surface area contributed by atoms with Crippen molar-refractivity contribution < 1.29 is 29.1 Å². The van der Waals surface area contributed by atoms with Crippen molar-refractivity contribution in [1.29, 1.82) is 0 Å². The number of carbonyl (C=O) groups is 2. The number of alkyl carbamates (subject to hydrolysis) is 1. The van der Waals surface area contributed by atoms with Crippen LogP contribution in [0.3, 0.4) is 0 Å². The minimum atomic E-state index is -1.64. The van der Waals surface area contributed by atoms with Crippen LogP contribution >= 0.6 is 0 Å². The maximum absolute atomic E-state index is 12.1. The summed E-state index contributed by atoms with van der Waals surface area (Å²) in [6.45, 7) is 11.7. The molecule has 2 amide bonds. The average Bonchev–Trinajstić information content (AvgIpc) is 2.57. The molecule has 0 saturated carbocycles. The molecule has 0 aliphatic carbocycles. The molecule has 0 spiro atoms. The molecule has 0 aliphatic rings. The third-order valence-electron chi connectivity index (χ3n) is 3.06. The summed E-state index contributed by atoms with van der Waals surface area (Å²) in [5.74, 6) is 0.969. The zero-order valence-electron chi connectivity index (χ0n) is 18.5. The van der Waals surface area contributed by atoms with Gasteiger partial charge in [0.15, 0.2) is 0 Å². The Bertz CT molecular complexity index is 629. The zero-order valence-corrected chi connectivity index (χ0v) is 18.5. The van der Waals surface area contributed by atoms with Gasteiger partial charge in [-0.2, -0.15) is 0 Å². The predicted octanol–water partition coefficient (Wildman–Crippen LogP) is 2.44. The van der Waals surface area contributed by atoms with Crippen LogP contribution in [0.1, 0.15) is 59.6 Å². The second-order valence-electron chi connectivity index (χ2n) is 8.20. The summed E-state index contributed by atoms with van der Waals surface area (Å²) >= 11 is 0. The minimum absolute atomic E-state index is 0.0981. The smallest absolute Gasteiger partial charge is 0.472 e. The van der Waals surface area contributed by atoms with Gasteiger partial charge in [-0.1, -0.05) is 32.9 Å². The number of rotatable bonds is 7. The quantitative estimate of drug-likeness (QED) is 0.513. The van der Waals surface area contributed by atoms with Crippen molar-refractivity contribution in [3.63, 3.8) is 0 Å². The highest BCUT2D eigenvalue weighted by atomic mass is 16.6. The van der Waals surface area contributed by atoms with E-state index in [1.807, 2.05) is 0 Å². The molecule has 0 radical (unpaired) electrons. The van der Waals surface area contributed by atoms with Gasteiger partial charge in [0.25, 0.3) is 0 Å². The third-order valence-corrected chi connectivity index (χ3v) is 3.06. The second-order valence-corrected chi connectivity index (χ2v) is 8.20. The van der Waals surface area contributed by atoms with E-state index in [1.165, 1.54) is 7.11 Å². The van der Waals surface area contributed by atoms with Crippen LogP contribution in [-0.2, 0) is 9.53 Å². The SMILES string of the molecule is CC(C)C.COc1cccc(C(CC(=O)NCB(O)O)NC(=O)OC(C)(C)C)c1. The van der Waals surface area contributed by atoms with Crippen molar-refractivity contribution in [1.82, 2.24) is 10.6 Å². The van der Waals surface area contributed by atoms with Gasteiger partial charge in [0.05, 0.1) is 26.0 Å². The summed E-state index contributed by atoms with van der Waals surface area (Å²) in [5, 5.41) is 22.7. The number of amides is 2. The van der Waals surface area contributed by atoms with Crippen LogP contribution in [-0.4, -0.2) is 48.3 Å². The molecule has 1 unspecified atom stereocenters. The molecule has 0 heterocycles. The third kappa shape index (κ3) is 14.4. The Morgan fingerprint density at radius 2 is 1.76 bits per heavy atom. The lowest BCUT2D eigenvalue weighted by molar-refractivity contribution is -0.121. The van der Waals surface area contributed by atoms with Gasteiger partial charge in [-0.15, -0.1) is 0 Å². The van der Waals surface area contributed by atoms with Crippen LogP contribution in [0.15, 0.2) is 24.3 Å². The second kappa shape index (κ2) is 13.1. The lowest BCUT2D eigenvalue weighted by Crippen LogP contribution is -2.39. The fourth-order valence-electron chi connectivity index (χ4n) is 2.02. The molecule has 1 aromatic rings. The normalized spacial score (nSPS) is 11.7. The Morgan fingerprint density at radius 1 is 1.17 bits per heavy atom. The molecule has 29 heavy (non-hydrogen) atoms. The van der Waals surface area contributed by atoms with E-state index in [2.05, 4.69) is 31.4 Å². The van der Waals surface area contributed by atoms with Gasteiger partial charge in [0, 0.05) is 0 Å². The minimum Gasteiger partial charge on any atom is -0.497 e. The van der Waals surface area contributed by atoms with Gasteiger partial charge in [0.1, 0.15) is 11.4 Å². The van der Waals surface area contributed by atoms with Gasteiger partial charge in [-0.25, -0.2) is 4.79 Å². The van der Waals surface area contributed by atoms with E-state index in [0.29, 0.717) is 11.3 Å². The van der Waals surface area contributed by atoms with E-state index in [-0.39, 0.29) is 12.9 Å². The summed E-state index contributed by atoms with van der Waals surface area (Å²) in [6.07, 6.45) is -1.05. The summed E-state index contributed by atoms with van der Waals surface area (Å²) in [4.78, 5) is 24.1. The molecule has 1 aromatic carbocycles. The molecular formula is C20H35BN2O6. The van der Waals surface area contributed by atoms with Crippen LogP contribution in [0.2, 0.25) is 0 Å². The Morgan fingerprint density at radius 3 is 2.24 bits per heavy atom. The lowest BCUT2D eigenvalue weighted by Gasteiger charge is -2.24. The zero-order chi connectivity index (χ0) is 22.6. The molecule has 0 aliphatic heterocycles. The predicted molar refractivity (Wildman–Crippen MR) is 113 cm³/mol. The van der Waals surface area contributed by atoms with Crippen LogP contribution in [0.25, 0.3) is 0 Å². The summed E-state index contributed by atoms with van der Waals surface area (Å²) < 4.78 is 10.4. The topological polar surface area (TPSA) is 117 Å². The summed E-state index contributed by atoms with van der Waals surface area (Å²) in [7, 11) is -0.122. The largest absolute Gasteiger partial charge is 0.497 e. The number of hydrogen-bond donors (Lipinski definition) is 4. The fourth-order valence-corrected chi connectivity index (χ4v) is 2.02. The van der Waals surface area contributed by atoms with E-state index >= 15 is 0 Å². The van der Waals surface area contributed by atoms with Gasteiger partial charge in [-0.05, 0) is 44.4 Å². The first-order chi connectivity index (χ1) is 13.3. The van der Waals surface area contributed by atoms with Gasteiger partial charge in [0.2, 0.25) is 5.91 Å². The van der Waals surface area contributed by atoms with E-state index in [4.69, 9.17) is 19.5 Å². The Balaban J connectivity index is 0.00000178. The maximum atomic E-state index is 12.1. The van der Waals surface area contributed by atoms with E-state index in [9.17, 15) is 9.59 Å². The Labute approximate surface area is 174 Å². The summed E-state index contributed by atoms with van der Waals surface area (Å²) in [5.41, 5.74) is -0.0170. The van der Waals surface area contributed by atoms with E-state index in [1.54, 1.807) is 45.0 Å². The van der Waals surface area contributed by atoms with Crippen molar-refractivity contribution >= 4 is 19.1 Å². The number of carbonyl (C=O) groups excluding carboxylic acids is 2. The van der Waals surface area contributed by atoms with Gasteiger partial charge >= 0.3 is 13.2 Å². The highest BCUT2D eigenvalue weighted by Gasteiger charge is 2.23. The molecule has 8 nitrogen and oxygen atoms in total. The van der Waals surface area contributed by atoms with Gasteiger partial charge in [-0.3, -0.25) is 4.79 Å².